The highest BCUT2D eigenvalue weighted by Crippen LogP contribution is 2.19. The molecule has 0 aliphatic heterocycles. The van der Waals surface area contributed by atoms with Crippen LogP contribution in [-0.2, 0) is 0 Å². The summed E-state index contributed by atoms with van der Waals surface area (Å²) < 4.78 is 22.5. The van der Waals surface area contributed by atoms with Crippen LogP contribution in [0.25, 0.3) is 0 Å². The van der Waals surface area contributed by atoms with Crippen LogP contribution >= 0.6 is 0 Å². The second-order valence-corrected chi connectivity index (χ2v) is 2.94. The molecule has 15 heavy (non-hydrogen) atoms. The van der Waals surface area contributed by atoms with Crippen LogP contribution in [0.5, 0.6) is 11.5 Å². The van der Waals surface area contributed by atoms with Crippen LogP contribution in [0.15, 0.2) is 36.2 Å². The van der Waals surface area contributed by atoms with Crippen LogP contribution in [0.4, 0.5) is 4.39 Å². The Morgan fingerprint density at radius 2 is 2.20 bits per heavy atom. The molecular weight excluding hydrogens is 197 g/mol. The van der Waals surface area contributed by atoms with Crippen molar-refractivity contribution < 1.29 is 13.9 Å². The second kappa shape index (κ2) is 6.03. The first-order valence-corrected chi connectivity index (χ1v) is 4.55. The lowest BCUT2D eigenvalue weighted by molar-refractivity contribution is 0.343. The van der Waals surface area contributed by atoms with Crippen LogP contribution in [-0.4, -0.2) is 20.3 Å². The molecular formula is C11H14FNO2. The monoisotopic (exact) mass is 211 g/mol. The van der Waals surface area contributed by atoms with Crippen LogP contribution in [0, 0.1) is 0 Å². The van der Waals surface area contributed by atoms with E-state index in [4.69, 9.17) is 15.2 Å². The van der Waals surface area contributed by atoms with Gasteiger partial charge in [0.15, 0.2) is 0 Å². The molecule has 0 aliphatic carbocycles. The summed E-state index contributed by atoms with van der Waals surface area (Å²) in [5.74, 6) is 1.33. The quantitative estimate of drug-likeness (QED) is 0.808. The number of methoxy groups -OCH3 is 1. The van der Waals surface area contributed by atoms with Gasteiger partial charge in [-0.2, -0.15) is 0 Å². The standard InChI is InChI=1S/C11H14FNO2/c1-14-10-3-2-4-11(5-10)15-8-9(6-12)7-13/h2-6H,7-8,13H2,1H3/b9-6-. The Morgan fingerprint density at radius 3 is 2.80 bits per heavy atom. The smallest absolute Gasteiger partial charge is 0.123 e. The summed E-state index contributed by atoms with van der Waals surface area (Å²) in [6.07, 6.45) is 0.472. The summed E-state index contributed by atoms with van der Waals surface area (Å²) in [7, 11) is 1.58. The summed E-state index contributed by atoms with van der Waals surface area (Å²) in [6, 6.07) is 7.11. The number of hydrogen-bond donors (Lipinski definition) is 1. The molecule has 0 radical (unpaired) electrons. The van der Waals surface area contributed by atoms with Gasteiger partial charge in [0.2, 0.25) is 0 Å². The zero-order chi connectivity index (χ0) is 11.1. The number of rotatable bonds is 5. The summed E-state index contributed by atoms with van der Waals surface area (Å²) >= 11 is 0. The maximum Gasteiger partial charge on any atom is 0.123 e. The van der Waals surface area contributed by atoms with E-state index in [9.17, 15) is 4.39 Å². The molecule has 4 heteroatoms. The van der Waals surface area contributed by atoms with Crippen molar-refractivity contribution >= 4 is 0 Å². The van der Waals surface area contributed by atoms with E-state index < -0.39 is 0 Å². The Balaban J connectivity index is 2.57. The zero-order valence-electron chi connectivity index (χ0n) is 8.57. The number of ether oxygens (including phenoxy) is 2. The highest BCUT2D eigenvalue weighted by molar-refractivity contribution is 5.33. The van der Waals surface area contributed by atoms with Crippen molar-refractivity contribution in [1.29, 1.82) is 0 Å². The zero-order valence-corrected chi connectivity index (χ0v) is 8.57. The van der Waals surface area contributed by atoms with Gasteiger partial charge in [-0.15, -0.1) is 0 Å². The molecule has 0 saturated carbocycles. The predicted octanol–water partition coefficient (Wildman–Crippen LogP) is 1.89. The van der Waals surface area contributed by atoms with Gasteiger partial charge in [0, 0.05) is 18.2 Å². The molecule has 0 bridgehead atoms. The van der Waals surface area contributed by atoms with Gasteiger partial charge >= 0.3 is 0 Å². The fraction of sp³-hybridized carbons (Fsp3) is 0.273. The van der Waals surface area contributed by atoms with Crippen molar-refractivity contribution in [3.05, 3.63) is 36.2 Å². The molecule has 3 nitrogen and oxygen atoms in total. The SMILES string of the molecule is COc1cccc(OC/C(=C\F)CN)c1. The van der Waals surface area contributed by atoms with Gasteiger partial charge in [-0.3, -0.25) is 0 Å². The summed E-state index contributed by atoms with van der Waals surface area (Å²) in [4.78, 5) is 0. The van der Waals surface area contributed by atoms with Gasteiger partial charge in [-0.1, -0.05) is 6.07 Å². The molecule has 0 amide bonds. The molecule has 0 aliphatic rings. The summed E-state index contributed by atoms with van der Waals surface area (Å²) in [6.45, 7) is 0.306. The van der Waals surface area contributed by atoms with Crippen molar-refractivity contribution in [2.24, 2.45) is 5.73 Å². The third-order valence-corrected chi connectivity index (χ3v) is 1.88. The fourth-order valence-corrected chi connectivity index (χ4v) is 1.00. The molecule has 0 fully saturated rings. The van der Waals surface area contributed by atoms with Crippen LogP contribution in [0.3, 0.4) is 0 Å². The van der Waals surface area contributed by atoms with E-state index in [0.717, 1.165) is 0 Å². The molecule has 0 saturated heterocycles. The summed E-state index contributed by atoms with van der Waals surface area (Å²) in [5.41, 5.74) is 5.71. The first-order chi connectivity index (χ1) is 7.30. The molecule has 0 spiro atoms. The van der Waals surface area contributed by atoms with Crippen LogP contribution in [0.2, 0.25) is 0 Å². The largest absolute Gasteiger partial charge is 0.497 e. The maximum atomic E-state index is 12.2. The number of nitrogens with two attached hydrogens (primary N) is 1. The number of hydrogen-bond acceptors (Lipinski definition) is 3. The molecule has 0 unspecified atom stereocenters. The van der Waals surface area contributed by atoms with Gasteiger partial charge in [-0.05, 0) is 12.1 Å². The third-order valence-electron chi connectivity index (χ3n) is 1.88. The molecule has 1 rings (SSSR count). The number of benzene rings is 1. The predicted molar refractivity (Wildman–Crippen MR) is 56.7 cm³/mol. The molecule has 0 aromatic heterocycles. The van der Waals surface area contributed by atoms with Gasteiger partial charge in [-0.25, -0.2) is 4.39 Å². The van der Waals surface area contributed by atoms with E-state index in [1.165, 1.54) is 0 Å². The molecule has 2 N–H and O–H groups in total. The van der Waals surface area contributed by atoms with E-state index in [1.54, 1.807) is 25.3 Å². The van der Waals surface area contributed by atoms with Crippen molar-refractivity contribution in [1.82, 2.24) is 0 Å². The van der Waals surface area contributed by atoms with Crippen LogP contribution in [0.1, 0.15) is 0 Å². The average Bonchev–Trinajstić information content (AvgIpc) is 2.31. The maximum absolute atomic E-state index is 12.2. The highest BCUT2D eigenvalue weighted by atomic mass is 19.1. The molecule has 0 heterocycles. The Morgan fingerprint density at radius 1 is 1.47 bits per heavy atom. The minimum Gasteiger partial charge on any atom is -0.497 e. The van der Waals surface area contributed by atoms with E-state index in [1.807, 2.05) is 6.07 Å². The molecule has 0 atom stereocenters. The van der Waals surface area contributed by atoms with Gasteiger partial charge in [0.1, 0.15) is 18.1 Å². The average molecular weight is 211 g/mol. The summed E-state index contributed by atoms with van der Waals surface area (Å²) in [5, 5.41) is 0. The molecule has 1 aromatic carbocycles. The van der Waals surface area contributed by atoms with Crippen molar-refractivity contribution in [3.63, 3.8) is 0 Å². The lowest BCUT2D eigenvalue weighted by Gasteiger charge is -2.08. The first-order valence-electron chi connectivity index (χ1n) is 4.55. The van der Waals surface area contributed by atoms with E-state index in [0.29, 0.717) is 23.4 Å². The Labute approximate surface area is 88.3 Å². The van der Waals surface area contributed by atoms with E-state index in [-0.39, 0.29) is 13.2 Å². The first kappa shape index (κ1) is 11.5. The lowest BCUT2D eigenvalue weighted by Crippen LogP contribution is -2.10. The van der Waals surface area contributed by atoms with Crippen LogP contribution < -0.4 is 15.2 Å². The lowest BCUT2D eigenvalue weighted by atomic mass is 10.3. The van der Waals surface area contributed by atoms with Gasteiger partial charge < -0.3 is 15.2 Å². The normalized spacial score (nSPS) is 11.3. The minimum absolute atomic E-state index is 0.153. The molecule has 1 aromatic rings. The third kappa shape index (κ3) is 3.59. The van der Waals surface area contributed by atoms with Gasteiger partial charge in [0.25, 0.3) is 0 Å². The Bertz CT molecular complexity index is 339. The fourth-order valence-electron chi connectivity index (χ4n) is 1.00. The van der Waals surface area contributed by atoms with Gasteiger partial charge in [0.05, 0.1) is 13.4 Å². The van der Waals surface area contributed by atoms with Crippen molar-refractivity contribution in [2.75, 3.05) is 20.3 Å². The Kier molecular flexibility index (Phi) is 4.63. The Hall–Kier alpha value is -1.55. The van der Waals surface area contributed by atoms with E-state index in [2.05, 4.69) is 0 Å². The van der Waals surface area contributed by atoms with E-state index >= 15 is 0 Å². The van der Waals surface area contributed by atoms with Crippen molar-refractivity contribution in [2.45, 2.75) is 0 Å². The number of halogens is 1. The topological polar surface area (TPSA) is 44.5 Å². The highest BCUT2D eigenvalue weighted by Gasteiger charge is 1.99. The minimum atomic E-state index is 0.153. The second-order valence-electron chi connectivity index (χ2n) is 2.94. The molecule has 82 valence electrons. The van der Waals surface area contributed by atoms with Crippen molar-refractivity contribution in [3.8, 4) is 11.5 Å².